The average molecular weight is 393 g/mol. The fourth-order valence-electron chi connectivity index (χ4n) is 2.30. The molecule has 0 saturated carbocycles. The van der Waals surface area contributed by atoms with Crippen LogP contribution in [0.1, 0.15) is 21.5 Å². The third-order valence-electron chi connectivity index (χ3n) is 3.93. The highest BCUT2D eigenvalue weighted by molar-refractivity contribution is 7.98. The summed E-state index contributed by atoms with van der Waals surface area (Å²) in [6.07, 6.45) is 0. The lowest BCUT2D eigenvalue weighted by Gasteiger charge is -2.12. The number of sulfonamides is 1. The van der Waals surface area contributed by atoms with Crippen LogP contribution in [0, 0.1) is 6.92 Å². The van der Waals surface area contributed by atoms with Gasteiger partial charge in [0.1, 0.15) is 0 Å². The fraction of sp³-hybridized carbons (Fsp3) is 0.316. The summed E-state index contributed by atoms with van der Waals surface area (Å²) in [6.45, 7) is 2.62. The van der Waals surface area contributed by atoms with Gasteiger partial charge in [-0.2, -0.15) is 11.8 Å². The van der Waals surface area contributed by atoms with E-state index in [1.807, 2.05) is 12.1 Å². The van der Waals surface area contributed by atoms with Crippen LogP contribution >= 0.6 is 11.8 Å². The monoisotopic (exact) mass is 392 g/mol. The number of benzene rings is 2. The Morgan fingerprint density at radius 1 is 1.12 bits per heavy atom. The number of nitrogens with zero attached hydrogens (tertiary/aromatic N) is 1. The van der Waals surface area contributed by atoms with E-state index in [9.17, 15) is 13.2 Å². The molecule has 0 aliphatic heterocycles. The molecule has 5 nitrogen and oxygen atoms in total. The van der Waals surface area contributed by atoms with E-state index in [2.05, 4.69) is 24.4 Å². The highest BCUT2D eigenvalue weighted by Crippen LogP contribution is 2.16. The van der Waals surface area contributed by atoms with E-state index in [4.69, 9.17) is 0 Å². The van der Waals surface area contributed by atoms with Crippen LogP contribution in [0.4, 0.5) is 0 Å². The van der Waals surface area contributed by atoms with Gasteiger partial charge in [-0.05, 0) is 36.2 Å². The predicted molar refractivity (Wildman–Crippen MR) is 107 cm³/mol. The summed E-state index contributed by atoms with van der Waals surface area (Å²) < 4.78 is 25.4. The number of rotatable bonds is 8. The summed E-state index contributed by atoms with van der Waals surface area (Å²) in [7, 11) is -0.616. The van der Waals surface area contributed by atoms with Gasteiger partial charge in [0.15, 0.2) is 0 Å². The average Bonchev–Trinajstić information content (AvgIpc) is 2.62. The minimum Gasteiger partial charge on any atom is -0.351 e. The van der Waals surface area contributed by atoms with Crippen molar-refractivity contribution in [3.05, 3.63) is 65.2 Å². The molecule has 2 rings (SSSR count). The van der Waals surface area contributed by atoms with E-state index in [1.165, 1.54) is 37.4 Å². The molecule has 1 N–H and O–H groups in total. The highest BCUT2D eigenvalue weighted by Gasteiger charge is 2.18. The van der Waals surface area contributed by atoms with Crippen LogP contribution in [0.2, 0.25) is 0 Å². The standard InChI is InChI=1S/C19H24N2O3S2/c1-15-7-4-5-8-17(15)14-25-12-11-20-19(22)16-9-6-10-18(13-16)26(23,24)21(2)3/h4-10,13H,11-12,14H2,1-3H3,(H,20,22). The Bertz CT molecular complexity index is 865. The van der Waals surface area contributed by atoms with Crippen molar-refractivity contribution in [2.75, 3.05) is 26.4 Å². The number of carbonyl (C=O) groups is 1. The number of aryl methyl sites for hydroxylation is 1. The maximum atomic E-state index is 12.3. The Hall–Kier alpha value is -1.83. The number of amides is 1. The molecule has 0 spiro atoms. The Balaban J connectivity index is 1.86. The van der Waals surface area contributed by atoms with Crippen molar-refractivity contribution < 1.29 is 13.2 Å². The minimum atomic E-state index is -3.55. The summed E-state index contributed by atoms with van der Waals surface area (Å²) in [5.41, 5.74) is 2.91. The van der Waals surface area contributed by atoms with Crippen LogP contribution < -0.4 is 5.32 Å². The lowest BCUT2D eigenvalue weighted by Crippen LogP contribution is -2.27. The third kappa shape index (κ3) is 5.33. The molecular formula is C19H24N2O3S2. The number of thioether (sulfide) groups is 1. The predicted octanol–water partition coefficient (Wildman–Crippen LogP) is 2.91. The van der Waals surface area contributed by atoms with Crippen molar-refractivity contribution in [1.29, 1.82) is 0 Å². The summed E-state index contributed by atoms with van der Waals surface area (Å²) in [5.74, 6) is 1.42. The Morgan fingerprint density at radius 2 is 1.85 bits per heavy atom. The maximum absolute atomic E-state index is 12.3. The lowest BCUT2D eigenvalue weighted by atomic mass is 10.1. The van der Waals surface area contributed by atoms with E-state index in [-0.39, 0.29) is 10.8 Å². The molecule has 0 saturated heterocycles. The molecule has 0 atom stereocenters. The van der Waals surface area contributed by atoms with Gasteiger partial charge < -0.3 is 5.32 Å². The molecule has 0 aliphatic carbocycles. The summed E-state index contributed by atoms with van der Waals surface area (Å²) in [4.78, 5) is 12.4. The van der Waals surface area contributed by atoms with Gasteiger partial charge in [-0.3, -0.25) is 4.79 Å². The maximum Gasteiger partial charge on any atom is 0.251 e. The summed E-state index contributed by atoms with van der Waals surface area (Å²) in [5, 5.41) is 2.84. The normalized spacial score (nSPS) is 11.5. The van der Waals surface area contributed by atoms with Gasteiger partial charge in [-0.15, -0.1) is 0 Å². The van der Waals surface area contributed by atoms with Crippen molar-refractivity contribution in [1.82, 2.24) is 9.62 Å². The second-order valence-electron chi connectivity index (χ2n) is 6.05. The molecule has 0 fully saturated rings. The zero-order chi connectivity index (χ0) is 19.2. The van der Waals surface area contributed by atoms with Gasteiger partial charge in [0, 0.05) is 37.7 Å². The van der Waals surface area contributed by atoms with E-state index >= 15 is 0 Å². The van der Waals surface area contributed by atoms with Gasteiger partial charge in [-0.1, -0.05) is 30.3 Å². The van der Waals surface area contributed by atoms with Gasteiger partial charge in [0.05, 0.1) is 4.90 Å². The Labute approximate surface area is 159 Å². The smallest absolute Gasteiger partial charge is 0.251 e. The van der Waals surface area contributed by atoms with E-state index in [0.717, 1.165) is 15.8 Å². The van der Waals surface area contributed by atoms with E-state index in [1.54, 1.807) is 23.9 Å². The fourth-order valence-corrected chi connectivity index (χ4v) is 4.18. The highest BCUT2D eigenvalue weighted by atomic mass is 32.2. The molecule has 0 unspecified atom stereocenters. The first-order chi connectivity index (χ1) is 12.3. The first kappa shape index (κ1) is 20.5. The lowest BCUT2D eigenvalue weighted by molar-refractivity contribution is 0.0956. The van der Waals surface area contributed by atoms with Gasteiger partial charge in [0.2, 0.25) is 10.0 Å². The zero-order valence-corrected chi connectivity index (χ0v) is 16.9. The number of carbonyl (C=O) groups excluding carboxylic acids is 1. The van der Waals surface area contributed by atoms with Crippen LogP contribution in [0.25, 0.3) is 0 Å². The number of nitrogens with one attached hydrogen (secondary N) is 1. The first-order valence-electron chi connectivity index (χ1n) is 8.25. The van der Waals surface area contributed by atoms with Crippen molar-refractivity contribution in [2.45, 2.75) is 17.6 Å². The van der Waals surface area contributed by atoms with Crippen LogP contribution in [-0.2, 0) is 15.8 Å². The zero-order valence-electron chi connectivity index (χ0n) is 15.2. The molecular weight excluding hydrogens is 368 g/mol. The largest absolute Gasteiger partial charge is 0.351 e. The molecule has 1 amide bonds. The van der Waals surface area contributed by atoms with Crippen LogP contribution in [0.15, 0.2) is 53.4 Å². The summed E-state index contributed by atoms with van der Waals surface area (Å²) >= 11 is 1.75. The Kier molecular flexibility index (Phi) is 7.25. The molecule has 0 bridgehead atoms. The van der Waals surface area contributed by atoms with Gasteiger partial charge in [-0.25, -0.2) is 12.7 Å². The first-order valence-corrected chi connectivity index (χ1v) is 10.8. The van der Waals surface area contributed by atoms with Crippen LogP contribution in [0.5, 0.6) is 0 Å². The second-order valence-corrected chi connectivity index (χ2v) is 9.31. The molecule has 0 radical (unpaired) electrons. The van der Waals surface area contributed by atoms with Crippen LogP contribution in [-0.4, -0.2) is 45.0 Å². The van der Waals surface area contributed by atoms with Crippen molar-refractivity contribution in [3.63, 3.8) is 0 Å². The molecule has 2 aromatic carbocycles. The molecule has 0 aromatic heterocycles. The van der Waals surface area contributed by atoms with Crippen molar-refractivity contribution >= 4 is 27.7 Å². The molecule has 7 heteroatoms. The SMILES string of the molecule is Cc1ccccc1CSCCNC(=O)c1cccc(S(=O)(=O)N(C)C)c1. The molecule has 2 aromatic rings. The van der Waals surface area contributed by atoms with E-state index < -0.39 is 10.0 Å². The quantitative estimate of drug-likeness (QED) is 0.702. The van der Waals surface area contributed by atoms with Gasteiger partial charge >= 0.3 is 0 Å². The van der Waals surface area contributed by atoms with Crippen molar-refractivity contribution in [3.8, 4) is 0 Å². The minimum absolute atomic E-state index is 0.115. The number of hydrogen-bond acceptors (Lipinski definition) is 4. The van der Waals surface area contributed by atoms with Gasteiger partial charge in [0.25, 0.3) is 5.91 Å². The Morgan fingerprint density at radius 3 is 2.54 bits per heavy atom. The topological polar surface area (TPSA) is 66.5 Å². The molecule has 26 heavy (non-hydrogen) atoms. The van der Waals surface area contributed by atoms with Crippen LogP contribution in [0.3, 0.4) is 0 Å². The van der Waals surface area contributed by atoms with Crippen molar-refractivity contribution in [2.24, 2.45) is 0 Å². The van der Waals surface area contributed by atoms with E-state index in [0.29, 0.717) is 12.1 Å². The second kappa shape index (κ2) is 9.21. The molecule has 140 valence electrons. The number of hydrogen-bond donors (Lipinski definition) is 1. The summed E-state index contributed by atoms with van der Waals surface area (Å²) in [6, 6.07) is 14.3. The molecule has 0 heterocycles. The molecule has 0 aliphatic rings. The third-order valence-corrected chi connectivity index (χ3v) is 6.74.